The van der Waals surface area contributed by atoms with Crippen molar-refractivity contribution in [2.45, 2.75) is 12.8 Å². The molecule has 0 aromatic carbocycles. The van der Waals surface area contributed by atoms with Crippen molar-refractivity contribution in [2.75, 3.05) is 66.2 Å². The quantitative estimate of drug-likeness (QED) is 0.523. The summed E-state index contributed by atoms with van der Waals surface area (Å²) in [4.78, 5) is 13.8. The molecular weight excluding hydrogens is 246 g/mol. The molecule has 1 amide bonds. The van der Waals surface area contributed by atoms with E-state index in [0.717, 1.165) is 52.2 Å². The van der Waals surface area contributed by atoms with Crippen LogP contribution in [0.2, 0.25) is 0 Å². The Morgan fingerprint density at radius 1 is 1.26 bits per heavy atom. The molecule has 6 nitrogen and oxygen atoms in total. The fraction of sp³-hybridized carbons (Fsp3) is 0.923. The molecule has 0 aromatic heterocycles. The summed E-state index contributed by atoms with van der Waals surface area (Å²) in [6, 6.07) is 0. The molecule has 0 spiro atoms. The van der Waals surface area contributed by atoms with Crippen LogP contribution in [0.15, 0.2) is 0 Å². The van der Waals surface area contributed by atoms with Crippen LogP contribution in [0, 0.1) is 0 Å². The van der Waals surface area contributed by atoms with Crippen molar-refractivity contribution in [1.29, 1.82) is 0 Å². The summed E-state index contributed by atoms with van der Waals surface area (Å²) in [5.41, 5.74) is 0. The number of hydrogen-bond acceptors (Lipinski definition) is 5. The van der Waals surface area contributed by atoms with Crippen LogP contribution >= 0.6 is 0 Å². The van der Waals surface area contributed by atoms with Crippen LogP contribution in [0.25, 0.3) is 0 Å². The van der Waals surface area contributed by atoms with Gasteiger partial charge in [0.15, 0.2) is 0 Å². The van der Waals surface area contributed by atoms with Crippen LogP contribution in [-0.2, 0) is 14.3 Å². The molecule has 19 heavy (non-hydrogen) atoms. The van der Waals surface area contributed by atoms with Gasteiger partial charge in [0.05, 0.1) is 19.8 Å². The minimum absolute atomic E-state index is 0.0578. The first-order valence-electron chi connectivity index (χ1n) is 7.09. The number of nitrogens with one attached hydrogen (secondary N) is 2. The molecule has 112 valence electrons. The van der Waals surface area contributed by atoms with Crippen molar-refractivity contribution in [3.63, 3.8) is 0 Å². The highest BCUT2D eigenvalue weighted by atomic mass is 16.5. The molecule has 2 N–H and O–H groups in total. The van der Waals surface area contributed by atoms with E-state index in [9.17, 15) is 4.79 Å². The highest BCUT2D eigenvalue weighted by Gasteiger charge is 2.09. The van der Waals surface area contributed by atoms with Crippen LogP contribution in [0.1, 0.15) is 12.8 Å². The molecule has 1 fully saturated rings. The van der Waals surface area contributed by atoms with Crippen molar-refractivity contribution in [3.8, 4) is 0 Å². The SMILES string of the molecule is COCCCNC(=O)CNCCCN1CCOCC1. The third-order valence-electron chi connectivity index (χ3n) is 3.06. The second-order valence-corrected chi connectivity index (χ2v) is 4.68. The van der Waals surface area contributed by atoms with Crippen LogP contribution in [0.5, 0.6) is 0 Å². The van der Waals surface area contributed by atoms with Crippen molar-refractivity contribution in [2.24, 2.45) is 0 Å². The average Bonchev–Trinajstić information content (AvgIpc) is 2.44. The highest BCUT2D eigenvalue weighted by molar-refractivity contribution is 5.77. The topological polar surface area (TPSA) is 62.8 Å². The maximum absolute atomic E-state index is 11.4. The molecule has 1 saturated heterocycles. The van der Waals surface area contributed by atoms with Gasteiger partial charge in [-0.25, -0.2) is 0 Å². The summed E-state index contributed by atoms with van der Waals surface area (Å²) in [6.45, 7) is 7.47. The van der Waals surface area contributed by atoms with Gasteiger partial charge >= 0.3 is 0 Å². The largest absolute Gasteiger partial charge is 0.385 e. The lowest BCUT2D eigenvalue weighted by Crippen LogP contribution is -2.39. The van der Waals surface area contributed by atoms with E-state index in [1.165, 1.54) is 0 Å². The Morgan fingerprint density at radius 2 is 2.05 bits per heavy atom. The molecule has 1 rings (SSSR count). The van der Waals surface area contributed by atoms with Crippen LogP contribution < -0.4 is 10.6 Å². The van der Waals surface area contributed by atoms with Gasteiger partial charge in [-0.15, -0.1) is 0 Å². The number of amides is 1. The smallest absolute Gasteiger partial charge is 0.233 e. The van der Waals surface area contributed by atoms with Crippen LogP contribution in [0.4, 0.5) is 0 Å². The van der Waals surface area contributed by atoms with Crippen LogP contribution in [-0.4, -0.2) is 77.0 Å². The number of carbonyl (C=O) groups is 1. The number of methoxy groups -OCH3 is 1. The Kier molecular flexibility index (Phi) is 9.61. The lowest BCUT2D eigenvalue weighted by molar-refractivity contribution is -0.120. The Morgan fingerprint density at radius 3 is 2.79 bits per heavy atom. The van der Waals surface area contributed by atoms with Gasteiger partial charge < -0.3 is 20.1 Å². The van der Waals surface area contributed by atoms with Gasteiger partial charge in [0.25, 0.3) is 0 Å². The van der Waals surface area contributed by atoms with E-state index < -0.39 is 0 Å². The molecular formula is C13H27N3O3. The summed E-state index contributed by atoms with van der Waals surface area (Å²) in [5.74, 6) is 0.0578. The number of nitrogens with zero attached hydrogens (tertiary/aromatic N) is 1. The second-order valence-electron chi connectivity index (χ2n) is 4.68. The first-order valence-corrected chi connectivity index (χ1v) is 7.09. The Balaban J connectivity index is 1.85. The predicted octanol–water partition coefficient (Wildman–Crippen LogP) is -0.549. The fourth-order valence-corrected chi connectivity index (χ4v) is 1.96. The third kappa shape index (κ3) is 8.93. The van der Waals surface area contributed by atoms with E-state index in [1.54, 1.807) is 7.11 Å². The number of hydrogen-bond donors (Lipinski definition) is 2. The first kappa shape index (κ1) is 16.4. The molecule has 0 aromatic rings. The van der Waals surface area contributed by atoms with E-state index in [-0.39, 0.29) is 5.91 Å². The van der Waals surface area contributed by atoms with Gasteiger partial charge in [-0.2, -0.15) is 0 Å². The van der Waals surface area contributed by atoms with Crippen molar-refractivity contribution in [3.05, 3.63) is 0 Å². The van der Waals surface area contributed by atoms with Gasteiger partial charge in [0.1, 0.15) is 0 Å². The zero-order valence-corrected chi connectivity index (χ0v) is 12.0. The minimum Gasteiger partial charge on any atom is -0.385 e. The Labute approximate surface area is 115 Å². The third-order valence-corrected chi connectivity index (χ3v) is 3.06. The molecule has 0 saturated carbocycles. The number of rotatable bonds is 10. The number of carbonyl (C=O) groups excluding carboxylic acids is 1. The van der Waals surface area contributed by atoms with Gasteiger partial charge in [-0.1, -0.05) is 0 Å². The Hall–Kier alpha value is -0.690. The minimum atomic E-state index is 0.0578. The molecule has 0 aliphatic carbocycles. The summed E-state index contributed by atoms with van der Waals surface area (Å²) >= 11 is 0. The zero-order valence-electron chi connectivity index (χ0n) is 12.0. The zero-order chi connectivity index (χ0) is 13.8. The van der Waals surface area contributed by atoms with Gasteiger partial charge in [0, 0.05) is 33.4 Å². The highest BCUT2D eigenvalue weighted by Crippen LogP contribution is 1.96. The second kappa shape index (κ2) is 11.2. The summed E-state index contributed by atoms with van der Waals surface area (Å²) < 4.78 is 10.2. The predicted molar refractivity (Wildman–Crippen MR) is 74.2 cm³/mol. The maximum atomic E-state index is 11.4. The molecule has 0 radical (unpaired) electrons. The first-order chi connectivity index (χ1) is 9.33. The molecule has 0 unspecified atom stereocenters. The normalized spacial score (nSPS) is 16.5. The van der Waals surface area contributed by atoms with E-state index in [4.69, 9.17) is 9.47 Å². The Bertz CT molecular complexity index is 233. The standard InChI is InChI=1S/C13H27N3O3/c1-18-9-3-5-15-13(17)12-14-4-2-6-16-7-10-19-11-8-16/h14H,2-12H2,1H3,(H,15,17). The van der Waals surface area contributed by atoms with Crippen molar-refractivity contribution >= 4 is 5.91 Å². The summed E-state index contributed by atoms with van der Waals surface area (Å²) in [6.07, 6.45) is 1.93. The van der Waals surface area contributed by atoms with E-state index in [1.807, 2.05) is 0 Å². The van der Waals surface area contributed by atoms with Gasteiger partial charge in [-0.05, 0) is 25.9 Å². The molecule has 6 heteroatoms. The number of morpholine rings is 1. The monoisotopic (exact) mass is 273 g/mol. The van der Waals surface area contributed by atoms with Gasteiger partial charge in [0.2, 0.25) is 5.91 Å². The van der Waals surface area contributed by atoms with E-state index >= 15 is 0 Å². The van der Waals surface area contributed by atoms with Gasteiger partial charge in [-0.3, -0.25) is 9.69 Å². The summed E-state index contributed by atoms with van der Waals surface area (Å²) in [7, 11) is 1.66. The molecule has 1 aliphatic heterocycles. The van der Waals surface area contributed by atoms with E-state index in [0.29, 0.717) is 19.7 Å². The molecule has 1 aliphatic rings. The maximum Gasteiger partial charge on any atom is 0.233 e. The molecule has 0 bridgehead atoms. The molecule has 1 heterocycles. The van der Waals surface area contributed by atoms with Crippen molar-refractivity contribution in [1.82, 2.24) is 15.5 Å². The average molecular weight is 273 g/mol. The molecule has 0 atom stereocenters. The number of ether oxygens (including phenoxy) is 2. The van der Waals surface area contributed by atoms with Crippen LogP contribution in [0.3, 0.4) is 0 Å². The fourth-order valence-electron chi connectivity index (χ4n) is 1.96. The lowest BCUT2D eigenvalue weighted by atomic mass is 10.3. The van der Waals surface area contributed by atoms with E-state index in [2.05, 4.69) is 15.5 Å². The van der Waals surface area contributed by atoms with Crippen molar-refractivity contribution < 1.29 is 14.3 Å². The summed E-state index contributed by atoms with van der Waals surface area (Å²) in [5, 5.41) is 6.01. The lowest BCUT2D eigenvalue weighted by Gasteiger charge is -2.26.